The van der Waals surface area contributed by atoms with Crippen molar-refractivity contribution in [3.05, 3.63) is 12.8 Å². The van der Waals surface area contributed by atoms with E-state index >= 15 is 0 Å². The van der Waals surface area contributed by atoms with Crippen molar-refractivity contribution in [3.8, 4) is 0 Å². The molecule has 1 N–H and O–H groups in total. The van der Waals surface area contributed by atoms with Crippen molar-refractivity contribution in [2.75, 3.05) is 0 Å². The molecule has 0 aliphatic carbocycles. The van der Waals surface area contributed by atoms with E-state index in [0.29, 0.717) is 5.92 Å². The van der Waals surface area contributed by atoms with Crippen LogP contribution in [0.15, 0.2) is 17.9 Å². The first-order chi connectivity index (χ1) is 4.72. The quantitative estimate of drug-likeness (QED) is 0.469. The first kappa shape index (κ1) is 9.21. The molecule has 0 aliphatic heterocycles. The number of hydrogen-bond donors (Lipinski definition) is 1. The summed E-state index contributed by atoms with van der Waals surface area (Å²) in [5, 5.41) is 4.11. The maximum absolute atomic E-state index is 4.11. The molecule has 0 atom stereocenters. The van der Waals surface area contributed by atoms with Gasteiger partial charge in [0.2, 0.25) is 0 Å². The molecule has 0 aliphatic rings. The second-order valence-electron chi connectivity index (χ2n) is 2.44. The first-order valence-corrected chi connectivity index (χ1v) is 3.65. The fraction of sp³-hybridized carbons (Fsp3) is 0.625. The van der Waals surface area contributed by atoms with Crippen molar-refractivity contribution in [1.82, 2.24) is 5.43 Å². The molecule has 10 heavy (non-hydrogen) atoms. The third-order valence-electron chi connectivity index (χ3n) is 1.33. The van der Waals surface area contributed by atoms with Gasteiger partial charge in [0.25, 0.3) is 0 Å². The van der Waals surface area contributed by atoms with Crippen LogP contribution in [-0.2, 0) is 0 Å². The first-order valence-electron chi connectivity index (χ1n) is 3.65. The number of nitrogens with zero attached hydrogens (tertiary/aromatic N) is 1. The van der Waals surface area contributed by atoms with Gasteiger partial charge in [0.1, 0.15) is 0 Å². The van der Waals surface area contributed by atoms with Gasteiger partial charge >= 0.3 is 0 Å². The van der Waals surface area contributed by atoms with Crippen molar-refractivity contribution in [3.63, 3.8) is 0 Å². The van der Waals surface area contributed by atoms with Crippen LogP contribution in [0.5, 0.6) is 0 Å². The number of nitrogens with one attached hydrogen (secondary N) is 1. The number of hydrazone groups is 1. The third kappa shape index (κ3) is 3.28. The van der Waals surface area contributed by atoms with Crippen LogP contribution in [-0.4, -0.2) is 5.71 Å². The minimum atomic E-state index is 0.525. The fourth-order valence-electron chi connectivity index (χ4n) is 0.745. The Hall–Kier alpha value is -0.790. The van der Waals surface area contributed by atoms with E-state index in [2.05, 4.69) is 37.9 Å². The highest BCUT2D eigenvalue weighted by Crippen LogP contribution is 1.99. The molecule has 0 bridgehead atoms. The predicted octanol–water partition coefficient (Wildman–Crippen LogP) is 2.14. The van der Waals surface area contributed by atoms with Gasteiger partial charge < -0.3 is 0 Å². The molecule has 0 heterocycles. The lowest BCUT2D eigenvalue weighted by Crippen LogP contribution is -2.10. The molecular formula is C8H16N2. The van der Waals surface area contributed by atoms with Gasteiger partial charge in [-0.3, -0.25) is 5.43 Å². The molecule has 0 saturated carbocycles. The summed E-state index contributed by atoms with van der Waals surface area (Å²) < 4.78 is 0. The van der Waals surface area contributed by atoms with Crippen LogP contribution in [0, 0.1) is 5.92 Å². The zero-order chi connectivity index (χ0) is 7.98. The molecule has 0 rings (SSSR count). The highest BCUT2D eigenvalue weighted by atomic mass is 15.3. The summed E-state index contributed by atoms with van der Waals surface area (Å²) >= 11 is 0. The zero-order valence-corrected chi connectivity index (χ0v) is 7.02. The summed E-state index contributed by atoms with van der Waals surface area (Å²) in [4.78, 5) is 0. The lowest BCUT2D eigenvalue weighted by atomic mass is 10.1. The van der Waals surface area contributed by atoms with Crippen LogP contribution >= 0.6 is 0 Å². The van der Waals surface area contributed by atoms with Crippen LogP contribution in [0.25, 0.3) is 0 Å². The molecule has 0 unspecified atom stereocenters. The van der Waals surface area contributed by atoms with E-state index < -0.39 is 0 Å². The smallest absolute Gasteiger partial charge is 0.0404 e. The number of hydrogen-bond acceptors (Lipinski definition) is 2. The number of rotatable bonds is 4. The van der Waals surface area contributed by atoms with Crippen LogP contribution in [0.1, 0.15) is 27.2 Å². The SMILES string of the molecule is C=CN/N=C(\CC)C(C)C. The van der Waals surface area contributed by atoms with E-state index in [1.165, 1.54) is 5.71 Å². The standard InChI is InChI=1S/C8H16N2/c1-5-8(7(3)4)10-9-6-2/h6-7,9H,2,5H2,1,3-4H3/b10-8+. The average molecular weight is 140 g/mol. The minimum absolute atomic E-state index is 0.525. The monoisotopic (exact) mass is 140 g/mol. The maximum atomic E-state index is 4.11. The van der Waals surface area contributed by atoms with E-state index in [0.717, 1.165) is 6.42 Å². The summed E-state index contributed by atoms with van der Waals surface area (Å²) in [5.74, 6) is 0.525. The van der Waals surface area contributed by atoms with Gasteiger partial charge in [-0.1, -0.05) is 27.4 Å². The Labute approximate surface area is 63.0 Å². The Balaban J connectivity index is 3.90. The van der Waals surface area contributed by atoms with Crippen molar-refractivity contribution < 1.29 is 0 Å². The summed E-state index contributed by atoms with van der Waals surface area (Å²) in [5.41, 5.74) is 3.91. The minimum Gasteiger partial charge on any atom is -0.286 e. The lowest BCUT2D eigenvalue weighted by Gasteiger charge is -2.05. The molecule has 0 aromatic heterocycles. The zero-order valence-electron chi connectivity index (χ0n) is 7.02. The summed E-state index contributed by atoms with van der Waals surface area (Å²) in [6.07, 6.45) is 2.58. The Kier molecular flexibility index (Phi) is 4.63. The van der Waals surface area contributed by atoms with E-state index in [1.54, 1.807) is 6.20 Å². The Morgan fingerprint density at radius 1 is 1.70 bits per heavy atom. The highest BCUT2D eigenvalue weighted by Gasteiger charge is 2.00. The second-order valence-corrected chi connectivity index (χ2v) is 2.44. The third-order valence-corrected chi connectivity index (χ3v) is 1.33. The summed E-state index contributed by atoms with van der Waals surface area (Å²) in [6.45, 7) is 9.87. The van der Waals surface area contributed by atoms with Crippen molar-refractivity contribution >= 4 is 5.71 Å². The molecule has 0 aromatic carbocycles. The van der Waals surface area contributed by atoms with Gasteiger partial charge in [-0.15, -0.1) is 0 Å². The van der Waals surface area contributed by atoms with Gasteiger partial charge in [-0.25, -0.2) is 0 Å². The van der Waals surface area contributed by atoms with Gasteiger partial charge in [0, 0.05) is 11.9 Å². The predicted molar refractivity (Wildman–Crippen MR) is 45.9 cm³/mol. The maximum Gasteiger partial charge on any atom is 0.0404 e. The molecular weight excluding hydrogens is 124 g/mol. The van der Waals surface area contributed by atoms with Crippen molar-refractivity contribution in [2.24, 2.45) is 11.0 Å². The molecule has 0 amide bonds. The Morgan fingerprint density at radius 3 is 2.60 bits per heavy atom. The summed E-state index contributed by atoms with van der Waals surface area (Å²) in [6, 6.07) is 0. The van der Waals surface area contributed by atoms with Crippen molar-refractivity contribution in [2.45, 2.75) is 27.2 Å². The van der Waals surface area contributed by atoms with Gasteiger partial charge in [0.15, 0.2) is 0 Å². The molecule has 0 saturated heterocycles. The normalized spacial score (nSPS) is 11.8. The van der Waals surface area contributed by atoms with Crippen LogP contribution in [0.4, 0.5) is 0 Å². The van der Waals surface area contributed by atoms with Crippen LogP contribution in [0.3, 0.4) is 0 Å². The second kappa shape index (κ2) is 5.03. The molecule has 2 nitrogen and oxygen atoms in total. The molecule has 58 valence electrons. The topological polar surface area (TPSA) is 24.4 Å². The average Bonchev–Trinajstić information content (AvgIpc) is 1.89. The highest BCUT2D eigenvalue weighted by molar-refractivity contribution is 5.85. The Bertz CT molecular complexity index is 125. The van der Waals surface area contributed by atoms with E-state index in [-0.39, 0.29) is 0 Å². The lowest BCUT2D eigenvalue weighted by molar-refractivity contribution is 0.822. The van der Waals surface area contributed by atoms with Crippen molar-refractivity contribution in [1.29, 1.82) is 0 Å². The van der Waals surface area contributed by atoms with Gasteiger partial charge in [-0.2, -0.15) is 5.10 Å². The Morgan fingerprint density at radius 2 is 2.30 bits per heavy atom. The molecule has 0 spiro atoms. The fourth-order valence-corrected chi connectivity index (χ4v) is 0.745. The van der Waals surface area contributed by atoms with E-state index in [1.807, 2.05) is 0 Å². The summed E-state index contributed by atoms with van der Waals surface area (Å²) in [7, 11) is 0. The molecule has 2 heteroatoms. The van der Waals surface area contributed by atoms with Crippen LogP contribution in [0.2, 0.25) is 0 Å². The van der Waals surface area contributed by atoms with E-state index in [9.17, 15) is 0 Å². The molecule has 0 radical (unpaired) electrons. The van der Waals surface area contributed by atoms with Gasteiger partial charge in [-0.05, 0) is 12.3 Å². The molecule has 0 fully saturated rings. The van der Waals surface area contributed by atoms with Gasteiger partial charge in [0.05, 0.1) is 0 Å². The van der Waals surface area contributed by atoms with Crippen LogP contribution < -0.4 is 5.43 Å². The van der Waals surface area contributed by atoms with E-state index in [4.69, 9.17) is 0 Å². The molecule has 0 aromatic rings. The largest absolute Gasteiger partial charge is 0.286 e.